The zero-order valence-electron chi connectivity index (χ0n) is 13.9. The lowest BCUT2D eigenvalue weighted by atomic mass is 10.1. The first kappa shape index (κ1) is 17.0. The molecule has 0 saturated heterocycles. The molecule has 0 aliphatic carbocycles. The highest BCUT2D eigenvalue weighted by atomic mass is 127. The minimum Gasteiger partial charge on any atom is -1.00 e. The van der Waals surface area contributed by atoms with Crippen LogP contribution in [0.3, 0.4) is 0 Å². The number of nitrogens with one attached hydrogen (secondary N) is 1. The molecule has 4 rings (SSSR count). The lowest BCUT2D eigenvalue weighted by Gasteiger charge is -2.26. The summed E-state index contributed by atoms with van der Waals surface area (Å²) >= 11 is 0. The molecule has 0 aromatic heterocycles. The monoisotopic (exact) mass is 428 g/mol. The average Bonchev–Trinajstić information content (AvgIpc) is 2.88. The van der Waals surface area contributed by atoms with E-state index in [-0.39, 0.29) is 24.0 Å². The van der Waals surface area contributed by atoms with E-state index in [4.69, 9.17) is 0 Å². The third-order valence-corrected chi connectivity index (χ3v) is 4.73. The number of benzene rings is 3. The summed E-state index contributed by atoms with van der Waals surface area (Å²) in [6.07, 6.45) is 0.316. The van der Waals surface area contributed by atoms with Crippen LogP contribution in [0.1, 0.15) is 12.5 Å². The number of hydrogen-bond donors (Lipinski definition) is 1. The van der Waals surface area contributed by atoms with Crippen LogP contribution in [0.4, 0.5) is 22.7 Å². The van der Waals surface area contributed by atoms with E-state index in [2.05, 4.69) is 97.6 Å². The molecule has 1 heterocycles. The Labute approximate surface area is 160 Å². The first-order valence-corrected chi connectivity index (χ1v) is 8.14. The lowest BCUT2D eigenvalue weighted by molar-refractivity contribution is -0.780. The van der Waals surface area contributed by atoms with Crippen LogP contribution in [-0.4, -0.2) is 6.17 Å². The van der Waals surface area contributed by atoms with Crippen LogP contribution in [0.2, 0.25) is 0 Å². The zero-order chi connectivity index (χ0) is 15.8. The molecule has 3 heteroatoms. The predicted octanol–water partition coefficient (Wildman–Crippen LogP) is 1.34. The van der Waals surface area contributed by atoms with Gasteiger partial charge in [0.1, 0.15) is 11.4 Å². The largest absolute Gasteiger partial charge is 1.00 e. The van der Waals surface area contributed by atoms with Crippen LogP contribution in [-0.2, 0) is 0 Å². The maximum Gasteiger partial charge on any atom is 0.174 e. The van der Waals surface area contributed by atoms with Crippen molar-refractivity contribution in [2.75, 3.05) is 4.90 Å². The summed E-state index contributed by atoms with van der Waals surface area (Å²) in [5, 5.41) is 0. The van der Waals surface area contributed by atoms with Crippen LogP contribution in [0.15, 0.2) is 78.9 Å². The van der Waals surface area contributed by atoms with Crippen molar-refractivity contribution < 1.29 is 28.9 Å². The Bertz CT molecular complexity index is 832. The average molecular weight is 428 g/mol. The van der Waals surface area contributed by atoms with E-state index in [0.29, 0.717) is 6.17 Å². The molecular weight excluding hydrogens is 407 g/mol. The highest BCUT2D eigenvalue weighted by Crippen LogP contribution is 2.37. The number of aryl methyl sites for hydroxylation is 1. The Balaban J connectivity index is 0.00000169. The highest BCUT2D eigenvalue weighted by Gasteiger charge is 2.40. The Morgan fingerprint density at radius 3 is 2.04 bits per heavy atom. The Kier molecular flexibility index (Phi) is 4.92. The summed E-state index contributed by atoms with van der Waals surface area (Å²) in [5.74, 6) is 0. The molecule has 24 heavy (non-hydrogen) atoms. The van der Waals surface area contributed by atoms with Gasteiger partial charge in [-0.2, -0.15) is 0 Å². The van der Waals surface area contributed by atoms with Crippen LogP contribution < -0.4 is 33.8 Å². The van der Waals surface area contributed by atoms with E-state index in [9.17, 15) is 0 Å². The lowest BCUT2D eigenvalue weighted by Crippen LogP contribution is -3.06. The Morgan fingerprint density at radius 1 is 0.750 bits per heavy atom. The van der Waals surface area contributed by atoms with Gasteiger partial charge in [0.05, 0.1) is 0 Å². The first-order valence-electron chi connectivity index (χ1n) is 8.14. The molecule has 1 aliphatic heterocycles. The molecule has 122 valence electrons. The summed E-state index contributed by atoms with van der Waals surface area (Å²) in [5.41, 5.74) is 6.57. The van der Waals surface area contributed by atoms with E-state index in [1.54, 1.807) is 0 Å². The van der Waals surface area contributed by atoms with Crippen molar-refractivity contribution in [1.29, 1.82) is 0 Å². The third-order valence-electron chi connectivity index (χ3n) is 4.73. The molecule has 1 N–H and O–H groups in total. The number of rotatable bonds is 2. The van der Waals surface area contributed by atoms with Gasteiger partial charge in [0.15, 0.2) is 11.9 Å². The maximum atomic E-state index is 2.44. The molecule has 0 bridgehead atoms. The second kappa shape index (κ2) is 6.95. The molecule has 0 fully saturated rings. The summed E-state index contributed by atoms with van der Waals surface area (Å²) in [7, 11) is 0. The molecule has 2 nitrogen and oxygen atoms in total. The number of halogens is 1. The molecule has 0 radical (unpaired) electrons. The smallest absolute Gasteiger partial charge is 0.174 e. The van der Waals surface area contributed by atoms with Gasteiger partial charge in [-0.15, -0.1) is 0 Å². The minimum absolute atomic E-state index is 0. The summed E-state index contributed by atoms with van der Waals surface area (Å²) < 4.78 is 0. The van der Waals surface area contributed by atoms with Crippen LogP contribution in [0.25, 0.3) is 0 Å². The number of quaternary nitrogens is 1. The molecule has 2 atom stereocenters. The van der Waals surface area contributed by atoms with Crippen molar-refractivity contribution in [1.82, 2.24) is 0 Å². The molecule has 0 saturated carbocycles. The number of para-hydroxylation sites is 4. The molecule has 1 aliphatic rings. The molecular formula is C21H21IN2. The van der Waals surface area contributed by atoms with Crippen molar-refractivity contribution in [3.8, 4) is 0 Å². The molecule has 0 spiro atoms. The van der Waals surface area contributed by atoms with Crippen molar-refractivity contribution in [2.45, 2.75) is 20.0 Å². The van der Waals surface area contributed by atoms with Crippen LogP contribution in [0.5, 0.6) is 0 Å². The fourth-order valence-electron chi connectivity index (χ4n) is 3.67. The maximum absolute atomic E-state index is 2.44. The van der Waals surface area contributed by atoms with Crippen LogP contribution in [0, 0.1) is 6.92 Å². The van der Waals surface area contributed by atoms with Gasteiger partial charge in [-0.05, 0) is 31.2 Å². The standard InChI is InChI=1S/C21H20N2.HI/c1-16-10-6-7-13-19(16)23-17(2)22(18-11-4-3-5-12-18)20-14-8-9-15-21(20)23;/h3-15,17H,1-2H3;1H/t17-;/m1./s1. The third kappa shape index (κ3) is 2.72. The molecule has 3 aromatic carbocycles. The van der Waals surface area contributed by atoms with Gasteiger partial charge in [0.2, 0.25) is 0 Å². The normalized spacial score (nSPS) is 18.8. The quantitative estimate of drug-likeness (QED) is 0.606. The van der Waals surface area contributed by atoms with E-state index >= 15 is 0 Å². The number of hydrogen-bond acceptors (Lipinski definition) is 1. The number of fused-ring (bicyclic) bond motifs is 1. The molecule has 3 aromatic rings. The van der Waals surface area contributed by atoms with Gasteiger partial charge in [0, 0.05) is 24.2 Å². The van der Waals surface area contributed by atoms with E-state index in [0.717, 1.165) is 0 Å². The second-order valence-corrected chi connectivity index (χ2v) is 6.13. The van der Waals surface area contributed by atoms with Gasteiger partial charge in [-0.3, -0.25) is 4.90 Å². The van der Waals surface area contributed by atoms with Crippen LogP contribution >= 0.6 is 0 Å². The second-order valence-electron chi connectivity index (χ2n) is 6.13. The highest BCUT2D eigenvalue weighted by molar-refractivity contribution is 5.75. The van der Waals surface area contributed by atoms with Crippen molar-refractivity contribution >= 4 is 22.7 Å². The van der Waals surface area contributed by atoms with Gasteiger partial charge in [-0.25, -0.2) is 4.90 Å². The first-order chi connectivity index (χ1) is 11.3. The fraction of sp³-hybridized carbons (Fsp3) is 0.143. The summed E-state index contributed by atoms with van der Waals surface area (Å²) in [4.78, 5) is 3.86. The minimum atomic E-state index is 0. The van der Waals surface area contributed by atoms with E-state index in [1.807, 2.05) is 0 Å². The Hall–Kier alpha value is -1.85. The number of nitrogens with zero attached hydrogens (tertiary/aromatic N) is 1. The van der Waals surface area contributed by atoms with Crippen molar-refractivity contribution in [3.05, 3.63) is 84.4 Å². The predicted molar refractivity (Wildman–Crippen MR) is 95.9 cm³/mol. The fourth-order valence-corrected chi connectivity index (χ4v) is 3.67. The Morgan fingerprint density at radius 2 is 1.33 bits per heavy atom. The number of anilines is 2. The molecule has 0 amide bonds. The van der Waals surface area contributed by atoms with Crippen molar-refractivity contribution in [2.24, 2.45) is 0 Å². The molecule has 1 unspecified atom stereocenters. The topological polar surface area (TPSA) is 7.68 Å². The van der Waals surface area contributed by atoms with Crippen molar-refractivity contribution in [3.63, 3.8) is 0 Å². The summed E-state index contributed by atoms with van der Waals surface area (Å²) in [6.45, 7) is 4.50. The van der Waals surface area contributed by atoms with Gasteiger partial charge in [0.25, 0.3) is 0 Å². The van der Waals surface area contributed by atoms with Gasteiger partial charge in [-0.1, -0.05) is 48.5 Å². The van der Waals surface area contributed by atoms with Gasteiger partial charge < -0.3 is 24.0 Å². The summed E-state index contributed by atoms with van der Waals surface area (Å²) in [6, 6.07) is 28.1. The zero-order valence-corrected chi connectivity index (χ0v) is 16.1. The van der Waals surface area contributed by atoms with E-state index < -0.39 is 0 Å². The van der Waals surface area contributed by atoms with Gasteiger partial charge >= 0.3 is 0 Å². The SMILES string of the molecule is Cc1ccccc1[NH+]1c2ccccc2N(c2ccccc2)[C@H]1C.[I-]. The van der Waals surface area contributed by atoms with E-state index in [1.165, 1.54) is 33.2 Å².